The first-order chi connectivity index (χ1) is 11.1. The summed E-state index contributed by atoms with van der Waals surface area (Å²) < 4.78 is 13.1. The minimum Gasteiger partial charge on any atom is -0.376 e. The second-order valence-corrected chi connectivity index (χ2v) is 6.38. The average molecular weight is 322 g/mol. The zero-order valence-corrected chi connectivity index (χ0v) is 14.0. The van der Waals surface area contributed by atoms with Crippen molar-refractivity contribution in [1.82, 2.24) is 19.4 Å². The molecule has 7 nitrogen and oxygen atoms in total. The largest absolute Gasteiger partial charge is 0.376 e. The van der Waals surface area contributed by atoms with Gasteiger partial charge in [0.15, 0.2) is 0 Å². The number of hydrogen-bond donors (Lipinski definition) is 0. The van der Waals surface area contributed by atoms with Crippen molar-refractivity contribution in [2.45, 2.75) is 25.0 Å². The van der Waals surface area contributed by atoms with Crippen molar-refractivity contribution < 1.29 is 14.3 Å². The third kappa shape index (κ3) is 3.91. The van der Waals surface area contributed by atoms with Gasteiger partial charge in [0.2, 0.25) is 5.91 Å². The molecule has 0 spiro atoms. The highest BCUT2D eigenvalue weighted by Gasteiger charge is 2.30. The molecule has 2 aliphatic rings. The number of hydrogen-bond acceptors (Lipinski definition) is 5. The fourth-order valence-electron chi connectivity index (χ4n) is 3.22. The highest BCUT2D eigenvalue weighted by atomic mass is 16.5. The van der Waals surface area contributed by atoms with Crippen LogP contribution in [0.2, 0.25) is 0 Å². The van der Waals surface area contributed by atoms with E-state index in [4.69, 9.17) is 9.47 Å². The fraction of sp³-hybridized carbons (Fsp3) is 0.750. The van der Waals surface area contributed by atoms with Crippen molar-refractivity contribution in [3.63, 3.8) is 0 Å². The van der Waals surface area contributed by atoms with Crippen molar-refractivity contribution >= 4 is 5.91 Å². The SMILES string of the molecule is CN1CCN(C(=O)COCC2CCCO2)CC1c1nccn1C. The van der Waals surface area contributed by atoms with E-state index in [-0.39, 0.29) is 24.7 Å². The number of aryl methyl sites for hydroxylation is 1. The maximum absolute atomic E-state index is 12.4. The minimum absolute atomic E-state index is 0.0512. The lowest BCUT2D eigenvalue weighted by molar-refractivity contribution is -0.140. The molecule has 3 rings (SSSR count). The van der Waals surface area contributed by atoms with E-state index in [9.17, 15) is 4.79 Å². The molecule has 1 amide bonds. The predicted octanol–water partition coefficient (Wildman–Crippen LogP) is 0.431. The van der Waals surface area contributed by atoms with Gasteiger partial charge in [-0.25, -0.2) is 4.98 Å². The molecule has 0 bridgehead atoms. The van der Waals surface area contributed by atoms with E-state index in [1.54, 1.807) is 6.20 Å². The molecule has 2 unspecified atom stereocenters. The third-order valence-electron chi connectivity index (χ3n) is 4.71. The van der Waals surface area contributed by atoms with Crippen molar-refractivity contribution in [2.75, 3.05) is 46.5 Å². The van der Waals surface area contributed by atoms with Gasteiger partial charge in [-0.1, -0.05) is 0 Å². The van der Waals surface area contributed by atoms with Gasteiger partial charge in [-0.15, -0.1) is 0 Å². The number of aromatic nitrogens is 2. The number of nitrogens with zero attached hydrogens (tertiary/aromatic N) is 4. The lowest BCUT2D eigenvalue weighted by atomic mass is 10.1. The van der Waals surface area contributed by atoms with E-state index in [2.05, 4.69) is 16.9 Å². The van der Waals surface area contributed by atoms with Gasteiger partial charge in [0.05, 0.1) is 18.8 Å². The van der Waals surface area contributed by atoms with Gasteiger partial charge >= 0.3 is 0 Å². The number of likely N-dealkylation sites (N-methyl/N-ethyl adjacent to an activating group) is 1. The Hall–Kier alpha value is -1.44. The molecule has 7 heteroatoms. The van der Waals surface area contributed by atoms with Gasteiger partial charge in [-0.3, -0.25) is 9.69 Å². The lowest BCUT2D eigenvalue weighted by Crippen LogP contribution is -2.50. The summed E-state index contributed by atoms with van der Waals surface area (Å²) in [5.74, 6) is 1.04. The number of piperazine rings is 1. The predicted molar refractivity (Wildman–Crippen MR) is 85.0 cm³/mol. The molecule has 3 heterocycles. The van der Waals surface area contributed by atoms with Crippen LogP contribution in [0.5, 0.6) is 0 Å². The topological polar surface area (TPSA) is 59.8 Å². The number of imidazole rings is 1. The van der Waals surface area contributed by atoms with Crippen LogP contribution in [-0.2, 0) is 21.3 Å². The Morgan fingerprint density at radius 2 is 2.30 bits per heavy atom. The van der Waals surface area contributed by atoms with Crippen molar-refractivity contribution in [1.29, 1.82) is 0 Å². The average Bonchev–Trinajstić information content (AvgIpc) is 3.19. The standard InChI is InChI=1S/C16H26N4O3/c1-18-7-8-20(10-14(18)16-17-5-6-19(16)2)15(21)12-22-11-13-4-3-9-23-13/h5-6,13-14H,3-4,7-12H2,1-2H3. The van der Waals surface area contributed by atoms with Crippen LogP contribution in [0.1, 0.15) is 24.7 Å². The molecular weight excluding hydrogens is 296 g/mol. The zero-order valence-electron chi connectivity index (χ0n) is 14.0. The Morgan fingerprint density at radius 1 is 1.43 bits per heavy atom. The monoisotopic (exact) mass is 322 g/mol. The quantitative estimate of drug-likeness (QED) is 0.787. The molecule has 2 atom stereocenters. The van der Waals surface area contributed by atoms with Crippen molar-refractivity contribution in [3.05, 3.63) is 18.2 Å². The summed E-state index contributed by atoms with van der Waals surface area (Å²) in [6.07, 6.45) is 6.02. The zero-order chi connectivity index (χ0) is 16.2. The van der Waals surface area contributed by atoms with E-state index >= 15 is 0 Å². The second kappa shape index (κ2) is 7.42. The van der Waals surface area contributed by atoms with Crippen molar-refractivity contribution in [2.24, 2.45) is 7.05 Å². The van der Waals surface area contributed by atoms with Crippen molar-refractivity contribution in [3.8, 4) is 0 Å². The van der Waals surface area contributed by atoms with E-state index in [1.807, 2.05) is 22.7 Å². The number of rotatable bonds is 5. The molecule has 23 heavy (non-hydrogen) atoms. The molecule has 0 saturated carbocycles. The van der Waals surface area contributed by atoms with Crippen LogP contribution >= 0.6 is 0 Å². The molecule has 0 aromatic carbocycles. The van der Waals surface area contributed by atoms with Gasteiger partial charge < -0.3 is 18.9 Å². The van der Waals surface area contributed by atoms with Crippen LogP contribution < -0.4 is 0 Å². The third-order valence-corrected chi connectivity index (χ3v) is 4.71. The Labute approximate surface area is 137 Å². The Balaban J connectivity index is 1.51. The lowest BCUT2D eigenvalue weighted by Gasteiger charge is -2.39. The first-order valence-electron chi connectivity index (χ1n) is 8.29. The number of amides is 1. The molecule has 2 aliphatic heterocycles. The number of carbonyl (C=O) groups excluding carboxylic acids is 1. The highest BCUT2D eigenvalue weighted by Crippen LogP contribution is 2.22. The molecule has 2 fully saturated rings. The van der Waals surface area contributed by atoms with Crippen LogP contribution in [0.4, 0.5) is 0 Å². The summed E-state index contributed by atoms with van der Waals surface area (Å²) in [4.78, 5) is 21.0. The first-order valence-corrected chi connectivity index (χ1v) is 8.29. The smallest absolute Gasteiger partial charge is 0.248 e. The second-order valence-electron chi connectivity index (χ2n) is 6.38. The molecule has 1 aromatic heterocycles. The van der Waals surface area contributed by atoms with Crippen LogP contribution in [0.15, 0.2) is 12.4 Å². The summed E-state index contributed by atoms with van der Waals surface area (Å²) in [5, 5.41) is 0. The van der Waals surface area contributed by atoms with Gasteiger partial charge in [-0.05, 0) is 19.9 Å². The summed E-state index contributed by atoms with van der Waals surface area (Å²) in [7, 11) is 4.07. The van der Waals surface area contributed by atoms with Gasteiger partial charge in [-0.2, -0.15) is 0 Å². The van der Waals surface area contributed by atoms with Gasteiger partial charge in [0.25, 0.3) is 0 Å². The minimum atomic E-state index is 0.0512. The van der Waals surface area contributed by atoms with E-state index < -0.39 is 0 Å². The van der Waals surface area contributed by atoms with E-state index in [0.29, 0.717) is 13.2 Å². The van der Waals surface area contributed by atoms with Crippen LogP contribution in [0.25, 0.3) is 0 Å². The molecule has 0 aliphatic carbocycles. The number of carbonyl (C=O) groups is 1. The fourth-order valence-corrected chi connectivity index (χ4v) is 3.22. The van der Waals surface area contributed by atoms with Crippen LogP contribution in [0.3, 0.4) is 0 Å². The highest BCUT2D eigenvalue weighted by molar-refractivity contribution is 5.77. The molecular formula is C16H26N4O3. The maximum atomic E-state index is 12.4. The molecule has 1 aromatic rings. The normalized spacial score (nSPS) is 25.9. The van der Waals surface area contributed by atoms with Crippen LogP contribution in [0, 0.1) is 0 Å². The van der Waals surface area contributed by atoms with E-state index in [1.165, 1.54) is 0 Å². The molecule has 2 saturated heterocycles. The first kappa shape index (κ1) is 16.4. The van der Waals surface area contributed by atoms with Crippen LogP contribution in [-0.4, -0.2) is 77.9 Å². The Morgan fingerprint density at radius 3 is 3.00 bits per heavy atom. The summed E-state index contributed by atoms with van der Waals surface area (Å²) in [5.41, 5.74) is 0. The Bertz CT molecular complexity index is 527. The van der Waals surface area contributed by atoms with Gasteiger partial charge in [0.1, 0.15) is 12.4 Å². The molecule has 0 radical (unpaired) electrons. The Kier molecular flexibility index (Phi) is 5.30. The number of ether oxygens (including phenoxy) is 2. The van der Waals surface area contributed by atoms with E-state index in [0.717, 1.165) is 38.4 Å². The summed E-state index contributed by atoms with van der Waals surface area (Å²) >= 11 is 0. The van der Waals surface area contributed by atoms with Gasteiger partial charge in [0, 0.05) is 45.7 Å². The summed E-state index contributed by atoms with van der Waals surface area (Å²) in [6, 6.07) is 0.130. The summed E-state index contributed by atoms with van der Waals surface area (Å²) in [6.45, 7) is 3.70. The molecule has 128 valence electrons. The molecule has 0 N–H and O–H groups in total. The maximum Gasteiger partial charge on any atom is 0.248 e.